The molecule has 1 saturated heterocycles. The Morgan fingerprint density at radius 1 is 0.968 bits per heavy atom. The molecule has 0 spiro atoms. The minimum absolute atomic E-state index is 0.0541. The molecule has 0 unspecified atom stereocenters. The van der Waals surface area contributed by atoms with E-state index in [4.69, 9.17) is 5.73 Å². The molecule has 1 saturated carbocycles. The number of aromatic nitrogens is 2. The number of nitrogens with zero attached hydrogens (tertiary/aromatic N) is 4. The molecule has 6 nitrogen and oxygen atoms in total. The first-order valence-electron chi connectivity index (χ1n) is 11.5. The Labute approximate surface area is 184 Å². The van der Waals surface area contributed by atoms with E-state index in [0.29, 0.717) is 11.7 Å². The molecule has 2 aliphatic heterocycles. The van der Waals surface area contributed by atoms with Gasteiger partial charge in [0, 0.05) is 43.5 Å². The Morgan fingerprint density at radius 3 is 2.35 bits per heavy atom. The molecule has 3 N–H and O–H groups in total. The number of fused-ring (bicyclic) bond motifs is 1. The highest BCUT2D eigenvalue weighted by Gasteiger charge is 2.31. The zero-order valence-electron chi connectivity index (χ0n) is 18.4. The lowest BCUT2D eigenvalue weighted by Crippen LogP contribution is -2.49. The number of likely N-dealkylation sites (N-methyl/N-ethyl adjacent to an activating group) is 1. The fraction of sp³-hybridized carbons (Fsp3) is 0.480. The summed E-state index contributed by atoms with van der Waals surface area (Å²) in [5.74, 6) is 1.15. The highest BCUT2D eigenvalue weighted by atomic mass is 16.3. The number of piperazine rings is 1. The summed E-state index contributed by atoms with van der Waals surface area (Å²) in [6, 6.07) is 13.2. The predicted octanol–water partition coefficient (Wildman–Crippen LogP) is 3.33. The van der Waals surface area contributed by atoms with E-state index in [1.165, 1.54) is 63.1 Å². The van der Waals surface area contributed by atoms with Gasteiger partial charge in [0.1, 0.15) is 12.1 Å². The van der Waals surface area contributed by atoms with Crippen molar-refractivity contribution >= 4 is 5.82 Å². The summed E-state index contributed by atoms with van der Waals surface area (Å²) in [6.45, 7) is 4.84. The number of aliphatic hydroxyl groups excluding tert-OH is 1. The van der Waals surface area contributed by atoms with E-state index in [-0.39, 0.29) is 6.61 Å². The van der Waals surface area contributed by atoms with E-state index in [1.807, 2.05) is 30.6 Å². The van der Waals surface area contributed by atoms with Gasteiger partial charge in [0.25, 0.3) is 0 Å². The third-order valence-electron chi connectivity index (χ3n) is 7.38. The van der Waals surface area contributed by atoms with Gasteiger partial charge in [-0.25, -0.2) is 4.98 Å². The quantitative estimate of drug-likeness (QED) is 0.679. The number of benzene rings is 1. The fourth-order valence-corrected chi connectivity index (χ4v) is 5.44. The van der Waals surface area contributed by atoms with Gasteiger partial charge in [-0.05, 0) is 68.0 Å². The number of hydrogen-bond acceptors (Lipinski definition) is 5. The molecule has 1 aromatic rings. The molecule has 4 aliphatic rings. The summed E-state index contributed by atoms with van der Waals surface area (Å²) < 4.78 is 2.16. The molecule has 1 aromatic carbocycles. The molecule has 0 atom stereocenters. The van der Waals surface area contributed by atoms with E-state index in [0.717, 1.165) is 22.9 Å². The van der Waals surface area contributed by atoms with Crippen LogP contribution in [0.5, 0.6) is 0 Å². The monoisotopic (exact) mass is 419 g/mol. The average molecular weight is 420 g/mol. The first-order chi connectivity index (χ1) is 15.1. The van der Waals surface area contributed by atoms with Crippen molar-refractivity contribution in [3.05, 3.63) is 53.9 Å². The van der Waals surface area contributed by atoms with Crippen LogP contribution in [-0.2, 0) is 6.61 Å². The standard InChI is InChI=1S/C25H33N5O/c1-28-12-14-29(15-13-28)20-8-4-19(5-9-20)22-10-11-23-24(22)30(17-27-25(23)26)21-6-2-18(16-31)3-7-21/h2-3,6-7,10-11,17,19-20,31H,4-5,8-9,12-16,26H2,1H3. The van der Waals surface area contributed by atoms with Crippen LogP contribution in [0.3, 0.4) is 0 Å². The molecule has 0 radical (unpaired) electrons. The molecule has 0 amide bonds. The fourth-order valence-electron chi connectivity index (χ4n) is 5.44. The predicted molar refractivity (Wildman–Crippen MR) is 125 cm³/mol. The molecule has 2 heterocycles. The molecule has 5 rings (SSSR count). The van der Waals surface area contributed by atoms with Crippen molar-refractivity contribution in [3.63, 3.8) is 0 Å². The van der Waals surface area contributed by atoms with Gasteiger partial charge < -0.3 is 15.7 Å². The second-order valence-corrected chi connectivity index (χ2v) is 9.22. The van der Waals surface area contributed by atoms with Gasteiger partial charge in [-0.15, -0.1) is 0 Å². The number of nitrogen functional groups attached to an aromatic ring is 1. The largest absolute Gasteiger partial charge is 0.392 e. The molecule has 0 bridgehead atoms. The van der Waals surface area contributed by atoms with Crippen LogP contribution in [0.1, 0.15) is 42.7 Å². The van der Waals surface area contributed by atoms with E-state index < -0.39 is 0 Å². The van der Waals surface area contributed by atoms with Gasteiger partial charge in [0.2, 0.25) is 0 Å². The van der Waals surface area contributed by atoms with Gasteiger partial charge >= 0.3 is 0 Å². The van der Waals surface area contributed by atoms with Crippen LogP contribution in [-0.4, -0.2) is 63.7 Å². The van der Waals surface area contributed by atoms with Crippen LogP contribution in [0.2, 0.25) is 0 Å². The summed E-state index contributed by atoms with van der Waals surface area (Å²) in [5, 5.41) is 9.38. The topological polar surface area (TPSA) is 70.5 Å². The van der Waals surface area contributed by atoms with Crippen LogP contribution < -0.4 is 5.73 Å². The summed E-state index contributed by atoms with van der Waals surface area (Å²) in [5.41, 5.74) is 11.8. The highest BCUT2D eigenvalue weighted by molar-refractivity contribution is 5.78. The zero-order chi connectivity index (χ0) is 21.4. The van der Waals surface area contributed by atoms with Crippen LogP contribution in [0.4, 0.5) is 5.82 Å². The first-order valence-corrected chi connectivity index (χ1v) is 11.5. The van der Waals surface area contributed by atoms with Crippen LogP contribution in [0, 0.1) is 0 Å². The molecular weight excluding hydrogens is 386 g/mol. The van der Waals surface area contributed by atoms with Crippen molar-refractivity contribution in [1.29, 1.82) is 0 Å². The van der Waals surface area contributed by atoms with E-state index in [9.17, 15) is 5.11 Å². The maximum Gasteiger partial charge on any atom is 0.134 e. The maximum absolute atomic E-state index is 9.38. The Morgan fingerprint density at radius 2 is 1.68 bits per heavy atom. The van der Waals surface area contributed by atoms with Gasteiger partial charge in [-0.2, -0.15) is 0 Å². The smallest absolute Gasteiger partial charge is 0.134 e. The summed E-state index contributed by atoms with van der Waals surface area (Å²) in [6.07, 6.45) is 6.83. The summed E-state index contributed by atoms with van der Waals surface area (Å²) in [4.78, 5) is 9.59. The van der Waals surface area contributed by atoms with Crippen molar-refractivity contribution in [3.8, 4) is 16.9 Å². The normalized spacial score (nSPS) is 23.4. The third kappa shape index (κ3) is 3.95. The van der Waals surface area contributed by atoms with Crippen LogP contribution in [0.25, 0.3) is 16.9 Å². The number of anilines is 1. The van der Waals surface area contributed by atoms with E-state index in [2.05, 4.69) is 38.5 Å². The summed E-state index contributed by atoms with van der Waals surface area (Å²) in [7, 11) is 2.22. The molecule has 6 heteroatoms. The number of hydrogen-bond donors (Lipinski definition) is 2. The van der Waals surface area contributed by atoms with Gasteiger partial charge in [-0.3, -0.25) is 9.47 Å². The van der Waals surface area contributed by atoms with Crippen LogP contribution >= 0.6 is 0 Å². The van der Waals surface area contributed by atoms with Crippen molar-refractivity contribution in [1.82, 2.24) is 19.4 Å². The highest BCUT2D eigenvalue weighted by Crippen LogP contribution is 2.43. The number of nitrogens with two attached hydrogens (primary N) is 1. The zero-order valence-corrected chi connectivity index (χ0v) is 18.4. The van der Waals surface area contributed by atoms with Crippen molar-refractivity contribution < 1.29 is 5.11 Å². The van der Waals surface area contributed by atoms with Gasteiger partial charge in [0.05, 0.1) is 12.3 Å². The molecule has 2 aliphatic carbocycles. The Balaban J connectivity index is 1.39. The Hall–Kier alpha value is -2.41. The SMILES string of the molecule is CN1CCN(C2CCC(c3ccc4c(N)ncn(-c5ccc(CO)cc5)c3-4)CC2)CC1. The first kappa shape index (κ1) is 20.5. The second-order valence-electron chi connectivity index (χ2n) is 9.22. The second kappa shape index (κ2) is 8.61. The van der Waals surface area contributed by atoms with Crippen LogP contribution in [0.15, 0.2) is 42.7 Å². The Kier molecular flexibility index (Phi) is 5.69. The third-order valence-corrected chi connectivity index (χ3v) is 7.38. The lowest BCUT2D eigenvalue weighted by molar-refractivity contribution is 0.0878. The molecule has 2 fully saturated rings. The van der Waals surface area contributed by atoms with E-state index >= 15 is 0 Å². The molecule has 31 heavy (non-hydrogen) atoms. The van der Waals surface area contributed by atoms with Crippen molar-refractivity contribution in [2.24, 2.45) is 0 Å². The summed E-state index contributed by atoms with van der Waals surface area (Å²) >= 11 is 0. The maximum atomic E-state index is 9.38. The van der Waals surface area contributed by atoms with Crippen molar-refractivity contribution in [2.45, 2.75) is 44.2 Å². The minimum atomic E-state index is 0.0541. The average Bonchev–Trinajstić information content (AvgIpc) is 3.26. The van der Waals surface area contributed by atoms with Crippen molar-refractivity contribution in [2.75, 3.05) is 39.0 Å². The lowest BCUT2D eigenvalue weighted by Gasteiger charge is -2.41. The number of rotatable bonds is 4. The molecule has 0 aromatic heterocycles. The lowest BCUT2D eigenvalue weighted by atomic mass is 9.81. The Bertz CT molecular complexity index is 982. The van der Waals surface area contributed by atoms with Gasteiger partial charge in [-0.1, -0.05) is 18.2 Å². The van der Waals surface area contributed by atoms with Gasteiger partial charge in [0.15, 0.2) is 0 Å². The minimum Gasteiger partial charge on any atom is -0.392 e. The van der Waals surface area contributed by atoms with E-state index in [1.54, 1.807) is 0 Å². The molecular formula is C25H33N5O. The number of aliphatic hydroxyl groups is 1. The molecule has 164 valence electrons.